The summed E-state index contributed by atoms with van der Waals surface area (Å²) in [5.74, 6) is 2.04. The lowest BCUT2D eigenvalue weighted by Crippen LogP contribution is -2.05. The van der Waals surface area contributed by atoms with Gasteiger partial charge in [-0.2, -0.15) is 4.98 Å². The van der Waals surface area contributed by atoms with E-state index >= 15 is 0 Å². The first-order valence-electron chi connectivity index (χ1n) is 8.77. The van der Waals surface area contributed by atoms with Crippen LogP contribution in [0.25, 0.3) is 10.9 Å². The predicted molar refractivity (Wildman–Crippen MR) is 106 cm³/mol. The van der Waals surface area contributed by atoms with Crippen LogP contribution in [-0.2, 0) is 6.54 Å². The highest BCUT2D eigenvalue weighted by molar-refractivity contribution is 5.90. The molecule has 0 saturated heterocycles. The Morgan fingerprint density at radius 3 is 2.74 bits per heavy atom. The van der Waals surface area contributed by atoms with Crippen LogP contribution in [0.3, 0.4) is 0 Å². The van der Waals surface area contributed by atoms with Crippen molar-refractivity contribution in [2.24, 2.45) is 0 Å². The van der Waals surface area contributed by atoms with Crippen molar-refractivity contribution < 1.29 is 9.52 Å². The van der Waals surface area contributed by atoms with Crippen molar-refractivity contribution in [3.05, 3.63) is 78.3 Å². The van der Waals surface area contributed by atoms with Crippen LogP contribution in [-0.4, -0.2) is 15.1 Å². The Balaban J connectivity index is 1.65. The van der Waals surface area contributed by atoms with Gasteiger partial charge in [-0.15, -0.1) is 0 Å². The number of benzene rings is 2. The zero-order valence-electron chi connectivity index (χ0n) is 14.9. The lowest BCUT2D eigenvalue weighted by Gasteiger charge is -2.12. The van der Waals surface area contributed by atoms with Crippen molar-refractivity contribution >= 4 is 28.4 Å². The first kappa shape index (κ1) is 17.1. The Labute approximate surface area is 156 Å². The third-order valence-corrected chi connectivity index (χ3v) is 4.24. The van der Waals surface area contributed by atoms with E-state index in [4.69, 9.17) is 4.42 Å². The molecule has 4 aromatic rings. The van der Waals surface area contributed by atoms with Crippen LogP contribution in [0.5, 0.6) is 0 Å². The maximum absolute atomic E-state index is 9.78. The molecule has 0 radical (unpaired) electrons. The molecule has 0 saturated carbocycles. The zero-order valence-corrected chi connectivity index (χ0v) is 14.9. The minimum atomic E-state index is -0.533. The molecule has 27 heavy (non-hydrogen) atoms. The fourth-order valence-corrected chi connectivity index (χ4v) is 2.86. The molecule has 0 bridgehead atoms. The smallest absolute Gasteiger partial charge is 0.229 e. The minimum absolute atomic E-state index is 0.485. The molecule has 0 aliphatic carbocycles. The third kappa shape index (κ3) is 3.91. The van der Waals surface area contributed by atoms with Crippen molar-refractivity contribution in [3.8, 4) is 0 Å². The van der Waals surface area contributed by atoms with Crippen LogP contribution >= 0.6 is 0 Å². The van der Waals surface area contributed by atoms with Gasteiger partial charge in [0.2, 0.25) is 5.95 Å². The number of hydrogen-bond acceptors (Lipinski definition) is 6. The van der Waals surface area contributed by atoms with Gasteiger partial charge in [-0.25, -0.2) is 4.98 Å². The van der Waals surface area contributed by atoms with Crippen molar-refractivity contribution in [2.75, 3.05) is 10.6 Å². The Bertz CT molecular complexity index is 1050. The van der Waals surface area contributed by atoms with Gasteiger partial charge >= 0.3 is 0 Å². The predicted octanol–water partition coefficient (Wildman–Crippen LogP) is 4.63. The minimum Gasteiger partial charge on any atom is -0.467 e. The highest BCUT2D eigenvalue weighted by Crippen LogP contribution is 2.25. The zero-order chi connectivity index (χ0) is 18.6. The number of hydrogen-bond donors (Lipinski definition) is 3. The van der Waals surface area contributed by atoms with E-state index in [1.165, 1.54) is 0 Å². The van der Waals surface area contributed by atoms with Crippen molar-refractivity contribution in [3.63, 3.8) is 0 Å². The second-order valence-electron chi connectivity index (χ2n) is 6.27. The van der Waals surface area contributed by atoms with Gasteiger partial charge in [0.1, 0.15) is 11.6 Å². The summed E-state index contributed by atoms with van der Waals surface area (Å²) >= 11 is 0. The number of furan rings is 1. The molecule has 6 nitrogen and oxygen atoms in total. The lowest BCUT2D eigenvalue weighted by atomic mass is 10.1. The summed E-state index contributed by atoms with van der Waals surface area (Å²) in [6.45, 7) is 2.27. The van der Waals surface area contributed by atoms with E-state index in [1.54, 1.807) is 13.2 Å². The quantitative estimate of drug-likeness (QED) is 0.465. The molecule has 2 aromatic carbocycles. The SMILES string of the molecule is C[C@@H](O)c1cccc(Nc2nc(NCc3ccco3)c3ccccc3n2)c1. The molecule has 2 heterocycles. The summed E-state index contributed by atoms with van der Waals surface area (Å²) in [7, 11) is 0. The largest absolute Gasteiger partial charge is 0.467 e. The Kier molecular flexibility index (Phi) is 4.72. The van der Waals surface area contributed by atoms with Gasteiger partial charge in [-0.05, 0) is 48.9 Å². The average Bonchev–Trinajstić information content (AvgIpc) is 3.20. The van der Waals surface area contributed by atoms with E-state index in [0.29, 0.717) is 12.5 Å². The van der Waals surface area contributed by atoms with Gasteiger partial charge in [-0.1, -0.05) is 24.3 Å². The third-order valence-electron chi connectivity index (χ3n) is 4.24. The van der Waals surface area contributed by atoms with E-state index < -0.39 is 6.10 Å². The number of nitrogens with zero attached hydrogens (tertiary/aromatic N) is 2. The number of aliphatic hydroxyl groups is 1. The molecule has 0 unspecified atom stereocenters. The topological polar surface area (TPSA) is 83.2 Å². The fourth-order valence-electron chi connectivity index (χ4n) is 2.86. The highest BCUT2D eigenvalue weighted by Gasteiger charge is 2.09. The highest BCUT2D eigenvalue weighted by atomic mass is 16.3. The normalized spacial score (nSPS) is 12.1. The Hall–Kier alpha value is -3.38. The first-order valence-corrected chi connectivity index (χ1v) is 8.77. The fraction of sp³-hybridized carbons (Fsp3) is 0.143. The van der Waals surface area contributed by atoms with E-state index in [9.17, 15) is 5.11 Å². The second kappa shape index (κ2) is 7.47. The second-order valence-corrected chi connectivity index (χ2v) is 6.27. The summed E-state index contributed by atoms with van der Waals surface area (Å²) in [6.07, 6.45) is 1.12. The molecule has 0 amide bonds. The summed E-state index contributed by atoms with van der Waals surface area (Å²) in [5, 5.41) is 17.3. The Morgan fingerprint density at radius 1 is 1.04 bits per heavy atom. The average molecular weight is 360 g/mol. The number of anilines is 3. The van der Waals surface area contributed by atoms with Crippen molar-refractivity contribution in [2.45, 2.75) is 19.6 Å². The molecule has 0 fully saturated rings. The lowest BCUT2D eigenvalue weighted by molar-refractivity contribution is 0.199. The van der Waals surface area contributed by atoms with E-state index in [0.717, 1.165) is 33.7 Å². The van der Waals surface area contributed by atoms with E-state index in [-0.39, 0.29) is 0 Å². The van der Waals surface area contributed by atoms with Crippen LogP contribution < -0.4 is 10.6 Å². The maximum atomic E-state index is 9.78. The van der Waals surface area contributed by atoms with Crippen LogP contribution in [0.1, 0.15) is 24.4 Å². The first-order chi connectivity index (χ1) is 13.2. The summed E-state index contributed by atoms with van der Waals surface area (Å²) in [6, 6.07) is 19.2. The Morgan fingerprint density at radius 2 is 1.93 bits per heavy atom. The standard InChI is InChI=1S/C21H20N4O2/c1-14(26)15-6-4-7-16(12-15)23-21-24-19-10-3-2-9-18(19)20(25-21)22-13-17-8-5-11-27-17/h2-12,14,26H,13H2,1H3,(H2,22,23,24,25)/t14-/m1/s1. The van der Waals surface area contributed by atoms with Crippen molar-refractivity contribution in [1.29, 1.82) is 0 Å². The van der Waals surface area contributed by atoms with Crippen LogP contribution in [0.4, 0.5) is 17.5 Å². The molecule has 136 valence electrons. The molecular weight excluding hydrogens is 340 g/mol. The van der Waals surface area contributed by atoms with Gasteiger partial charge in [0.05, 0.1) is 24.4 Å². The van der Waals surface area contributed by atoms with Crippen LogP contribution in [0.15, 0.2) is 71.3 Å². The number of nitrogens with one attached hydrogen (secondary N) is 2. The molecule has 0 aliphatic heterocycles. The summed E-state index contributed by atoms with van der Waals surface area (Å²) in [5.41, 5.74) is 2.49. The van der Waals surface area contributed by atoms with Gasteiger partial charge in [-0.3, -0.25) is 0 Å². The number of aromatic nitrogens is 2. The molecule has 1 atom stereocenters. The molecule has 0 aliphatic rings. The molecule has 2 aromatic heterocycles. The van der Waals surface area contributed by atoms with Crippen LogP contribution in [0, 0.1) is 0 Å². The number of para-hydroxylation sites is 1. The van der Waals surface area contributed by atoms with Crippen molar-refractivity contribution in [1.82, 2.24) is 9.97 Å². The maximum Gasteiger partial charge on any atom is 0.229 e. The molecule has 0 spiro atoms. The number of fused-ring (bicyclic) bond motifs is 1. The monoisotopic (exact) mass is 360 g/mol. The van der Waals surface area contributed by atoms with E-state index in [2.05, 4.69) is 20.6 Å². The molecular formula is C21H20N4O2. The number of rotatable bonds is 6. The summed E-state index contributed by atoms with van der Waals surface area (Å²) < 4.78 is 5.38. The summed E-state index contributed by atoms with van der Waals surface area (Å²) in [4.78, 5) is 9.24. The van der Waals surface area contributed by atoms with E-state index in [1.807, 2.05) is 60.7 Å². The number of aliphatic hydroxyl groups excluding tert-OH is 1. The molecule has 4 rings (SSSR count). The van der Waals surface area contributed by atoms with Gasteiger partial charge < -0.3 is 20.2 Å². The van der Waals surface area contributed by atoms with Gasteiger partial charge in [0.15, 0.2) is 0 Å². The molecule has 6 heteroatoms. The molecule has 3 N–H and O–H groups in total. The van der Waals surface area contributed by atoms with Crippen LogP contribution in [0.2, 0.25) is 0 Å². The van der Waals surface area contributed by atoms with Gasteiger partial charge in [0, 0.05) is 11.1 Å². The van der Waals surface area contributed by atoms with Gasteiger partial charge in [0.25, 0.3) is 0 Å².